The minimum atomic E-state index is -0.463. The molecule has 0 heterocycles. The topological polar surface area (TPSA) is 26.3 Å². The molecule has 3 heteroatoms. The fourth-order valence-corrected chi connectivity index (χ4v) is 1.43. The molecule has 0 atom stereocenters. The van der Waals surface area contributed by atoms with E-state index in [4.69, 9.17) is 16.3 Å². The number of esters is 1. The van der Waals surface area contributed by atoms with Crippen molar-refractivity contribution in [2.24, 2.45) is 0 Å². The van der Waals surface area contributed by atoms with Crippen LogP contribution in [0, 0.1) is 0 Å². The third kappa shape index (κ3) is 8.54. The average Bonchev–Trinajstić information content (AvgIpc) is 2.28. The zero-order valence-corrected chi connectivity index (χ0v) is 10.8. The summed E-state index contributed by atoms with van der Waals surface area (Å²) in [5.74, 6) is -0.463. The Balaban J connectivity index is 3.41. The number of allylic oxidation sites excluding steroid dienone is 2. The van der Waals surface area contributed by atoms with Gasteiger partial charge in [-0.25, -0.2) is 4.79 Å². The Bertz CT molecular complexity index is 234. The van der Waals surface area contributed by atoms with Gasteiger partial charge in [-0.1, -0.05) is 63.3 Å². The van der Waals surface area contributed by atoms with Gasteiger partial charge in [0.2, 0.25) is 0 Å². The number of halogens is 1. The summed E-state index contributed by atoms with van der Waals surface area (Å²) in [6, 6.07) is 0. The maximum absolute atomic E-state index is 11.2. The molecule has 0 N–H and O–H groups in total. The summed E-state index contributed by atoms with van der Waals surface area (Å²) in [6.45, 7) is 6.09. The van der Waals surface area contributed by atoms with Crippen LogP contribution in [0.25, 0.3) is 0 Å². The Hall–Kier alpha value is -0.760. The van der Waals surface area contributed by atoms with Crippen LogP contribution in [0.2, 0.25) is 0 Å². The number of unbranched alkanes of at least 4 members (excludes halogenated alkanes) is 5. The minimum absolute atomic E-state index is 0.0842. The van der Waals surface area contributed by atoms with E-state index in [1.165, 1.54) is 37.8 Å². The first-order valence-corrected chi connectivity index (χ1v) is 6.25. The fraction of sp³-hybridized carbons (Fsp3) is 0.615. The van der Waals surface area contributed by atoms with Crippen molar-refractivity contribution in [2.45, 2.75) is 45.4 Å². The van der Waals surface area contributed by atoms with Crippen LogP contribution < -0.4 is 0 Å². The van der Waals surface area contributed by atoms with Crippen molar-refractivity contribution in [3.8, 4) is 0 Å². The molecular weight excluding hydrogens is 224 g/mol. The van der Waals surface area contributed by atoms with Gasteiger partial charge in [-0.2, -0.15) is 0 Å². The van der Waals surface area contributed by atoms with Crippen LogP contribution in [0.5, 0.6) is 0 Å². The Morgan fingerprint density at radius 3 is 2.50 bits per heavy atom. The van der Waals surface area contributed by atoms with E-state index in [1.807, 2.05) is 0 Å². The molecule has 0 fully saturated rings. The number of rotatable bonds is 9. The molecule has 0 saturated carbocycles. The predicted octanol–water partition coefficient (Wildman–Crippen LogP) is 4.20. The molecule has 0 aliphatic rings. The molecule has 0 aliphatic carbocycles. The van der Waals surface area contributed by atoms with Gasteiger partial charge in [-0.3, -0.25) is 0 Å². The lowest BCUT2D eigenvalue weighted by Crippen LogP contribution is -2.05. The van der Waals surface area contributed by atoms with Crippen molar-refractivity contribution in [1.29, 1.82) is 0 Å². The SMILES string of the molecule is C=C/C=C(\Cl)C(=O)OCCCCCCCC. The van der Waals surface area contributed by atoms with E-state index in [1.54, 1.807) is 0 Å². The number of hydrogen-bond acceptors (Lipinski definition) is 2. The fourth-order valence-electron chi connectivity index (χ4n) is 1.29. The lowest BCUT2D eigenvalue weighted by molar-refractivity contribution is -0.138. The first kappa shape index (κ1) is 15.2. The van der Waals surface area contributed by atoms with Crippen LogP contribution in [0.3, 0.4) is 0 Å². The maximum Gasteiger partial charge on any atom is 0.349 e. The molecule has 0 aromatic heterocycles. The largest absolute Gasteiger partial charge is 0.461 e. The van der Waals surface area contributed by atoms with E-state index in [0.717, 1.165) is 12.8 Å². The first-order valence-electron chi connectivity index (χ1n) is 5.87. The Kier molecular flexibility index (Phi) is 10.2. The summed E-state index contributed by atoms with van der Waals surface area (Å²) in [5.41, 5.74) is 0. The first-order chi connectivity index (χ1) is 7.72. The highest BCUT2D eigenvalue weighted by Crippen LogP contribution is 2.07. The predicted molar refractivity (Wildman–Crippen MR) is 68.5 cm³/mol. The Morgan fingerprint density at radius 1 is 1.25 bits per heavy atom. The van der Waals surface area contributed by atoms with Gasteiger partial charge in [0.1, 0.15) is 5.03 Å². The second kappa shape index (κ2) is 10.7. The van der Waals surface area contributed by atoms with Crippen LogP contribution in [-0.2, 0) is 9.53 Å². The molecule has 2 nitrogen and oxygen atoms in total. The minimum Gasteiger partial charge on any atom is -0.461 e. The average molecular weight is 245 g/mol. The molecule has 0 rings (SSSR count). The van der Waals surface area contributed by atoms with Crippen LogP contribution in [0.15, 0.2) is 23.8 Å². The highest BCUT2D eigenvalue weighted by atomic mass is 35.5. The van der Waals surface area contributed by atoms with Crippen molar-refractivity contribution >= 4 is 17.6 Å². The number of carbonyl (C=O) groups is 1. The molecule has 0 aliphatic heterocycles. The van der Waals surface area contributed by atoms with E-state index in [0.29, 0.717) is 6.61 Å². The van der Waals surface area contributed by atoms with Crippen molar-refractivity contribution in [1.82, 2.24) is 0 Å². The standard InChI is InChI=1S/C13H21ClO2/c1-3-5-6-7-8-9-11-16-13(15)12(14)10-4-2/h4,10H,2-3,5-9,11H2,1H3/b12-10-. The van der Waals surface area contributed by atoms with Crippen LogP contribution >= 0.6 is 11.6 Å². The van der Waals surface area contributed by atoms with Gasteiger partial charge >= 0.3 is 5.97 Å². The molecule has 0 amide bonds. The summed E-state index contributed by atoms with van der Waals surface area (Å²) in [5, 5.41) is 0.0842. The third-order valence-corrected chi connectivity index (χ3v) is 2.47. The van der Waals surface area contributed by atoms with E-state index < -0.39 is 5.97 Å². The van der Waals surface area contributed by atoms with Crippen molar-refractivity contribution in [3.63, 3.8) is 0 Å². The van der Waals surface area contributed by atoms with Gasteiger partial charge in [0.05, 0.1) is 6.61 Å². The van der Waals surface area contributed by atoms with Crippen LogP contribution in [0.4, 0.5) is 0 Å². The van der Waals surface area contributed by atoms with Gasteiger partial charge in [-0.05, 0) is 12.5 Å². The molecule has 0 bridgehead atoms. The lowest BCUT2D eigenvalue weighted by atomic mass is 10.1. The zero-order chi connectivity index (χ0) is 12.2. The van der Waals surface area contributed by atoms with E-state index in [2.05, 4.69) is 13.5 Å². The molecule has 0 spiro atoms. The van der Waals surface area contributed by atoms with E-state index in [-0.39, 0.29) is 5.03 Å². The zero-order valence-electron chi connectivity index (χ0n) is 10.0. The summed E-state index contributed by atoms with van der Waals surface area (Å²) < 4.78 is 4.98. The van der Waals surface area contributed by atoms with Gasteiger partial charge < -0.3 is 4.74 Å². The smallest absolute Gasteiger partial charge is 0.349 e. The normalized spacial score (nSPS) is 11.2. The monoisotopic (exact) mass is 244 g/mol. The second-order valence-corrected chi connectivity index (χ2v) is 4.06. The van der Waals surface area contributed by atoms with Crippen molar-refractivity contribution in [2.75, 3.05) is 6.61 Å². The van der Waals surface area contributed by atoms with Crippen molar-refractivity contribution in [3.05, 3.63) is 23.8 Å². The van der Waals surface area contributed by atoms with Gasteiger partial charge in [-0.15, -0.1) is 0 Å². The number of hydrogen-bond donors (Lipinski definition) is 0. The second-order valence-electron chi connectivity index (χ2n) is 3.65. The molecule has 0 saturated heterocycles. The summed E-state index contributed by atoms with van der Waals surface area (Å²) in [7, 11) is 0. The molecule has 0 aromatic rings. The van der Waals surface area contributed by atoms with Crippen molar-refractivity contribution < 1.29 is 9.53 Å². The Labute approximate surface area is 103 Å². The van der Waals surface area contributed by atoms with Gasteiger partial charge in [0.15, 0.2) is 0 Å². The summed E-state index contributed by atoms with van der Waals surface area (Å²) >= 11 is 5.63. The number of ether oxygens (including phenoxy) is 1. The third-order valence-electron chi connectivity index (χ3n) is 2.19. The highest BCUT2D eigenvalue weighted by molar-refractivity contribution is 6.41. The van der Waals surface area contributed by atoms with Crippen LogP contribution in [-0.4, -0.2) is 12.6 Å². The van der Waals surface area contributed by atoms with Gasteiger partial charge in [0, 0.05) is 0 Å². The summed E-state index contributed by atoms with van der Waals surface area (Å²) in [4.78, 5) is 11.2. The quantitative estimate of drug-likeness (QED) is 0.263. The molecule has 16 heavy (non-hydrogen) atoms. The maximum atomic E-state index is 11.2. The molecule has 0 aromatic carbocycles. The molecular formula is C13H21ClO2. The molecule has 0 radical (unpaired) electrons. The number of carbonyl (C=O) groups excluding carboxylic acids is 1. The Morgan fingerprint density at radius 2 is 1.88 bits per heavy atom. The van der Waals surface area contributed by atoms with E-state index >= 15 is 0 Å². The van der Waals surface area contributed by atoms with Crippen LogP contribution in [0.1, 0.15) is 45.4 Å². The highest BCUT2D eigenvalue weighted by Gasteiger charge is 2.05. The summed E-state index contributed by atoms with van der Waals surface area (Å²) in [6.07, 6.45) is 9.93. The molecule has 92 valence electrons. The van der Waals surface area contributed by atoms with Gasteiger partial charge in [0.25, 0.3) is 0 Å². The molecule has 0 unspecified atom stereocenters. The van der Waals surface area contributed by atoms with E-state index in [9.17, 15) is 4.79 Å². The lowest BCUT2D eigenvalue weighted by Gasteiger charge is -2.03.